The predicted octanol–water partition coefficient (Wildman–Crippen LogP) is 4.97. The van der Waals surface area contributed by atoms with Crippen LogP contribution in [0.5, 0.6) is 0 Å². The zero-order valence-electron chi connectivity index (χ0n) is 15.2. The van der Waals surface area contributed by atoms with Crippen LogP contribution >= 0.6 is 34.8 Å². The van der Waals surface area contributed by atoms with Crippen LogP contribution < -0.4 is 16.2 Å². The van der Waals surface area contributed by atoms with Gasteiger partial charge in [0.2, 0.25) is 0 Å². The van der Waals surface area contributed by atoms with E-state index in [-0.39, 0.29) is 21.8 Å². The molecule has 0 radical (unpaired) electrons. The van der Waals surface area contributed by atoms with E-state index in [0.717, 1.165) is 0 Å². The van der Waals surface area contributed by atoms with Crippen molar-refractivity contribution in [2.24, 2.45) is 0 Å². The van der Waals surface area contributed by atoms with E-state index < -0.39 is 17.7 Å². The van der Waals surface area contributed by atoms with Crippen molar-refractivity contribution in [3.63, 3.8) is 0 Å². The van der Waals surface area contributed by atoms with Gasteiger partial charge in [-0.1, -0.05) is 46.9 Å². The predicted molar refractivity (Wildman–Crippen MR) is 117 cm³/mol. The Labute approximate surface area is 187 Å². The molecular weight excluding hydrogens is 449 g/mol. The van der Waals surface area contributed by atoms with Crippen molar-refractivity contribution in [1.82, 2.24) is 10.9 Å². The van der Waals surface area contributed by atoms with E-state index in [4.69, 9.17) is 34.8 Å². The molecule has 0 spiro atoms. The van der Waals surface area contributed by atoms with Gasteiger partial charge >= 0.3 is 0 Å². The van der Waals surface area contributed by atoms with Crippen LogP contribution in [0.3, 0.4) is 0 Å². The molecule has 9 heteroatoms. The average Bonchev–Trinajstić information content (AvgIpc) is 2.72. The summed E-state index contributed by atoms with van der Waals surface area (Å²) in [5, 5.41) is 3.70. The molecule has 3 amide bonds. The normalized spacial score (nSPS) is 10.2. The third kappa shape index (κ3) is 5.30. The van der Waals surface area contributed by atoms with Gasteiger partial charge < -0.3 is 5.32 Å². The number of carbonyl (C=O) groups is 3. The van der Waals surface area contributed by atoms with Crippen LogP contribution in [0.4, 0.5) is 5.69 Å². The first kappa shape index (κ1) is 21.6. The van der Waals surface area contributed by atoms with E-state index in [1.807, 2.05) is 0 Å². The second-order valence-corrected chi connectivity index (χ2v) is 7.32. The Morgan fingerprint density at radius 2 is 1.23 bits per heavy atom. The smallest absolute Gasteiger partial charge is 0.271 e. The molecule has 0 aliphatic rings. The van der Waals surface area contributed by atoms with Crippen molar-refractivity contribution < 1.29 is 14.4 Å². The van der Waals surface area contributed by atoms with E-state index in [1.165, 1.54) is 24.3 Å². The number of hydrogen-bond acceptors (Lipinski definition) is 3. The number of hydrazine groups is 1. The number of anilines is 1. The maximum Gasteiger partial charge on any atom is 0.271 e. The molecule has 0 atom stereocenters. The third-order valence-electron chi connectivity index (χ3n) is 3.99. The topological polar surface area (TPSA) is 87.3 Å². The summed E-state index contributed by atoms with van der Waals surface area (Å²) in [4.78, 5) is 37.2. The van der Waals surface area contributed by atoms with E-state index in [2.05, 4.69) is 16.2 Å². The van der Waals surface area contributed by atoms with E-state index in [1.54, 1.807) is 42.5 Å². The summed E-state index contributed by atoms with van der Waals surface area (Å²) in [6.45, 7) is 0. The molecule has 6 nitrogen and oxygen atoms in total. The van der Waals surface area contributed by atoms with Crippen LogP contribution in [0, 0.1) is 0 Å². The Kier molecular flexibility index (Phi) is 6.95. The van der Waals surface area contributed by atoms with Gasteiger partial charge in [-0.05, 0) is 54.6 Å². The summed E-state index contributed by atoms with van der Waals surface area (Å²) in [7, 11) is 0. The lowest BCUT2D eigenvalue weighted by atomic mass is 10.1. The lowest BCUT2D eigenvalue weighted by Gasteiger charge is -2.12. The Morgan fingerprint density at radius 1 is 0.633 bits per heavy atom. The number of para-hydroxylation sites is 1. The SMILES string of the molecule is O=C(Nc1ccccc1C(=O)NNC(=O)c1ccc(Cl)cc1Cl)c1ccc(Cl)cc1. The Balaban J connectivity index is 1.70. The maximum absolute atomic E-state index is 12.6. The van der Waals surface area contributed by atoms with Crippen LogP contribution in [0.2, 0.25) is 15.1 Å². The molecule has 0 heterocycles. The molecule has 0 saturated heterocycles. The fourth-order valence-corrected chi connectivity index (χ4v) is 3.13. The van der Waals surface area contributed by atoms with E-state index in [0.29, 0.717) is 15.6 Å². The van der Waals surface area contributed by atoms with Gasteiger partial charge in [0.25, 0.3) is 17.7 Å². The number of hydrogen-bond donors (Lipinski definition) is 3. The number of carbonyl (C=O) groups excluding carboxylic acids is 3. The molecular formula is C21H14Cl3N3O3. The Hall–Kier alpha value is -3.06. The summed E-state index contributed by atoms with van der Waals surface area (Å²) < 4.78 is 0. The van der Waals surface area contributed by atoms with E-state index in [9.17, 15) is 14.4 Å². The fourth-order valence-electron chi connectivity index (χ4n) is 2.51. The van der Waals surface area contributed by atoms with Gasteiger partial charge in [-0.3, -0.25) is 25.2 Å². The molecule has 3 aromatic carbocycles. The van der Waals surface area contributed by atoms with Crippen LogP contribution in [0.25, 0.3) is 0 Å². The summed E-state index contributed by atoms with van der Waals surface area (Å²) in [6, 6.07) is 17.0. The highest BCUT2D eigenvalue weighted by molar-refractivity contribution is 6.36. The van der Waals surface area contributed by atoms with Crippen LogP contribution in [0.15, 0.2) is 66.7 Å². The van der Waals surface area contributed by atoms with Gasteiger partial charge in [0.15, 0.2) is 0 Å². The maximum atomic E-state index is 12.6. The highest BCUT2D eigenvalue weighted by Gasteiger charge is 2.16. The zero-order chi connectivity index (χ0) is 21.7. The zero-order valence-corrected chi connectivity index (χ0v) is 17.5. The summed E-state index contributed by atoms with van der Waals surface area (Å²) in [6.07, 6.45) is 0. The molecule has 0 aliphatic carbocycles. The van der Waals surface area contributed by atoms with Gasteiger partial charge in [-0.2, -0.15) is 0 Å². The first-order valence-electron chi connectivity index (χ1n) is 8.57. The molecule has 3 aromatic rings. The summed E-state index contributed by atoms with van der Waals surface area (Å²) in [5.41, 5.74) is 5.53. The number of halogens is 3. The molecule has 152 valence electrons. The quantitative estimate of drug-likeness (QED) is 0.478. The van der Waals surface area contributed by atoms with Crippen molar-refractivity contribution in [1.29, 1.82) is 0 Å². The first-order chi connectivity index (χ1) is 14.3. The molecule has 3 rings (SSSR count). The Morgan fingerprint density at radius 3 is 1.90 bits per heavy atom. The monoisotopic (exact) mass is 461 g/mol. The van der Waals surface area contributed by atoms with Gasteiger partial charge in [0.05, 0.1) is 21.8 Å². The molecule has 30 heavy (non-hydrogen) atoms. The molecule has 0 aromatic heterocycles. The fraction of sp³-hybridized carbons (Fsp3) is 0. The first-order valence-corrected chi connectivity index (χ1v) is 9.70. The lowest BCUT2D eigenvalue weighted by molar-refractivity contribution is 0.0847. The molecule has 0 aliphatic heterocycles. The summed E-state index contributed by atoms with van der Waals surface area (Å²) >= 11 is 17.6. The van der Waals surface area contributed by atoms with Crippen molar-refractivity contribution >= 4 is 58.2 Å². The minimum Gasteiger partial charge on any atom is -0.321 e. The average molecular weight is 463 g/mol. The van der Waals surface area contributed by atoms with E-state index >= 15 is 0 Å². The minimum atomic E-state index is -0.625. The van der Waals surface area contributed by atoms with Gasteiger partial charge in [0, 0.05) is 15.6 Å². The van der Waals surface area contributed by atoms with Gasteiger partial charge in [-0.15, -0.1) is 0 Å². The van der Waals surface area contributed by atoms with Crippen LogP contribution in [0.1, 0.15) is 31.1 Å². The highest BCUT2D eigenvalue weighted by atomic mass is 35.5. The van der Waals surface area contributed by atoms with Crippen molar-refractivity contribution in [2.75, 3.05) is 5.32 Å². The van der Waals surface area contributed by atoms with Crippen molar-refractivity contribution in [3.05, 3.63) is 98.5 Å². The van der Waals surface area contributed by atoms with Crippen LogP contribution in [-0.2, 0) is 0 Å². The second kappa shape index (κ2) is 9.63. The largest absolute Gasteiger partial charge is 0.321 e. The minimum absolute atomic E-state index is 0.143. The molecule has 3 N–H and O–H groups in total. The molecule has 0 bridgehead atoms. The number of rotatable bonds is 4. The summed E-state index contributed by atoms with van der Waals surface area (Å²) in [5.74, 6) is -1.66. The number of nitrogens with one attached hydrogen (secondary N) is 3. The molecule has 0 unspecified atom stereocenters. The van der Waals surface area contributed by atoms with Crippen molar-refractivity contribution in [2.45, 2.75) is 0 Å². The van der Waals surface area contributed by atoms with Crippen LogP contribution in [-0.4, -0.2) is 17.7 Å². The number of benzene rings is 3. The van der Waals surface area contributed by atoms with Gasteiger partial charge in [-0.25, -0.2) is 0 Å². The standard InChI is InChI=1S/C21H14Cl3N3O3/c22-13-7-5-12(6-8-13)19(28)25-18-4-2-1-3-16(18)21(30)27-26-20(29)15-10-9-14(23)11-17(15)24/h1-11H,(H,25,28)(H,26,29)(H,27,30). The number of amides is 3. The highest BCUT2D eigenvalue weighted by Crippen LogP contribution is 2.21. The second-order valence-electron chi connectivity index (χ2n) is 6.04. The Bertz CT molecular complexity index is 1120. The van der Waals surface area contributed by atoms with Gasteiger partial charge in [0.1, 0.15) is 0 Å². The lowest BCUT2D eigenvalue weighted by Crippen LogP contribution is -2.42. The molecule has 0 fully saturated rings. The molecule has 0 saturated carbocycles. The van der Waals surface area contributed by atoms with Crippen molar-refractivity contribution in [3.8, 4) is 0 Å². The third-order valence-corrected chi connectivity index (χ3v) is 4.79.